The molecule has 0 saturated carbocycles. The second-order valence-corrected chi connectivity index (χ2v) is 4.53. The van der Waals surface area contributed by atoms with Gasteiger partial charge in [-0.1, -0.05) is 0 Å². The first-order valence-corrected chi connectivity index (χ1v) is 6.19. The first-order valence-electron chi connectivity index (χ1n) is 5.66. The van der Waals surface area contributed by atoms with Crippen molar-refractivity contribution in [3.05, 3.63) is 24.2 Å². The minimum absolute atomic E-state index is 0.0143. The number of halogens is 4. The summed E-state index contributed by atoms with van der Waals surface area (Å²) >= 11 is 5.62. The highest BCUT2D eigenvalue weighted by Gasteiger charge is 2.34. The van der Waals surface area contributed by atoms with Crippen molar-refractivity contribution in [2.75, 3.05) is 11.2 Å². The maximum absolute atomic E-state index is 12.6. The summed E-state index contributed by atoms with van der Waals surface area (Å²) in [6.07, 6.45) is -1.01. The molecule has 0 aliphatic heterocycles. The zero-order valence-corrected chi connectivity index (χ0v) is 10.8. The number of anilines is 1. The lowest BCUT2D eigenvalue weighted by atomic mass is 10.2. The fourth-order valence-corrected chi connectivity index (χ4v) is 1.97. The number of rotatable bonds is 4. The fourth-order valence-electron chi connectivity index (χ4n) is 1.64. The van der Waals surface area contributed by atoms with Crippen molar-refractivity contribution < 1.29 is 13.2 Å². The SMILES string of the molecule is CC(CCCl)Nc1nccn2nc(C(F)(F)F)cc12. The smallest absolute Gasteiger partial charge is 0.366 e. The van der Waals surface area contributed by atoms with Gasteiger partial charge in [-0.15, -0.1) is 11.6 Å². The number of alkyl halides is 4. The zero-order chi connectivity index (χ0) is 14.0. The van der Waals surface area contributed by atoms with E-state index < -0.39 is 11.9 Å². The van der Waals surface area contributed by atoms with E-state index in [0.717, 1.165) is 10.6 Å². The molecule has 0 bridgehead atoms. The van der Waals surface area contributed by atoms with E-state index >= 15 is 0 Å². The van der Waals surface area contributed by atoms with Crippen molar-refractivity contribution in [3.8, 4) is 0 Å². The topological polar surface area (TPSA) is 42.2 Å². The lowest BCUT2D eigenvalue weighted by Gasteiger charge is -2.13. The first kappa shape index (κ1) is 13.9. The summed E-state index contributed by atoms with van der Waals surface area (Å²) < 4.78 is 39.0. The highest BCUT2D eigenvalue weighted by molar-refractivity contribution is 6.17. The van der Waals surface area contributed by atoms with Crippen LogP contribution < -0.4 is 5.32 Å². The highest BCUT2D eigenvalue weighted by Crippen LogP contribution is 2.30. The summed E-state index contributed by atoms with van der Waals surface area (Å²) in [6.45, 7) is 1.88. The third-order valence-electron chi connectivity index (χ3n) is 2.61. The Bertz CT molecular complexity index is 567. The molecule has 8 heteroatoms. The van der Waals surface area contributed by atoms with Gasteiger partial charge in [0.15, 0.2) is 11.5 Å². The van der Waals surface area contributed by atoms with Crippen molar-refractivity contribution in [1.29, 1.82) is 0 Å². The molecular weight excluding hydrogens is 281 g/mol. The van der Waals surface area contributed by atoms with Crippen LogP contribution in [0.15, 0.2) is 18.5 Å². The molecule has 0 amide bonds. The average Bonchev–Trinajstić information content (AvgIpc) is 2.74. The molecule has 0 aromatic carbocycles. The van der Waals surface area contributed by atoms with Crippen LogP contribution in [0.25, 0.3) is 5.52 Å². The van der Waals surface area contributed by atoms with Gasteiger partial charge in [0.1, 0.15) is 5.52 Å². The lowest BCUT2D eigenvalue weighted by molar-refractivity contribution is -0.141. The molecule has 2 aromatic heterocycles. The predicted octanol–water partition coefficient (Wildman–Crippen LogP) is 3.18. The molecule has 2 heterocycles. The van der Waals surface area contributed by atoms with Crippen molar-refractivity contribution in [3.63, 3.8) is 0 Å². The Hall–Kier alpha value is -1.50. The molecule has 104 valence electrons. The van der Waals surface area contributed by atoms with Gasteiger partial charge in [-0.3, -0.25) is 0 Å². The summed E-state index contributed by atoms with van der Waals surface area (Å²) in [4.78, 5) is 4.04. The average molecular weight is 293 g/mol. The van der Waals surface area contributed by atoms with E-state index in [1.165, 1.54) is 12.4 Å². The Balaban J connectivity index is 2.37. The largest absolute Gasteiger partial charge is 0.435 e. The summed E-state index contributed by atoms with van der Waals surface area (Å²) in [5.74, 6) is 0.827. The van der Waals surface area contributed by atoms with Crippen LogP contribution in [0.2, 0.25) is 0 Å². The van der Waals surface area contributed by atoms with E-state index in [0.29, 0.717) is 18.1 Å². The first-order chi connectivity index (χ1) is 8.91. The molecule has 2 aromatic rings. The molecular formula is C11H12ClF3N4. The minimum atomic E-state index is -4.47. The maximum Gasteiger partial charge on any atom is 0.435 e. The lowest BCUT2D eigenvalue weighted by Crippen LogP contribution is -2.17. The van der Waals surface area contributed by atoms with Gasteiger partial charge >= 0.3 is 6.18 Å². The summed E-state index contributed by atoms with van der Waals surface area (Å²) in [5.41, 5.74) is -0.648. The van der Waals surface area contributed by atoms with Crippen molar-refractivity contribution in [2.45, 2.75) is 25.6 Å². The van der Waals surface area contributed by atoms with Crippen LogP contribution >= 0.6 is 11.6 Å². The highest BCUT2D eigenvalue weighted by atomic mass is 35.5. The maximum atomic E-state index is 12.6. The molecule has 1 N–H and O–H groups in total. The Morgan fingerprint density at radius 1 is 1.47 bits per heavy atom. The molecule has 0 aliphatic carbocycles. The van der Waals surface area contributed by atoms with Gasteiger partial charge in [0.05, 0.1) is 0 Å². The van der Waals surface area contributed by atoms with Gasteiger partial charge in [0.25, 0.3) is 0 Å². The Morgan fingerprint density at radius 3 is 2.84 bits per heavy atom. The molecule has 0 fully saturated rings. The molecule has 0 saturated heterocycles. The summed E-state index contributed by atoms with van der Waals surface area (Å²) in [7, 11) is 0. The third kappa shape index (κ3) is 3.09. The van der Waals surface area contributed by atoms with Gasteiger partial charge in [-0.25, -0.2) is 9.50 Å². The van der Waals surface area contributed by atoms with Crippen LogP contribution in [0.5, 0.6) is 0 Å². The quantitative estimate of drug-likeness (QED) is 0.880. The van der Waals surface area contributed by atoms with E-state index in [9.17, 15) is 13.2 Å². The van der Waals surface area contributed by atoms with E-state index in [-0.39, 0.29) is 11.6 Å². The summed E-state index contributed by atoms with van der Waals surface area (Å²) in [5, 5.41) is 6.51. The second-order valence-electron chi connectivity index (χ2n) is 4.16. The van der Waals surface area contributed by atoms with Crippen molar-refractivity contribution in [1.82, 2.24) is 14.6 Å². The van der Waals surface area contributed by atoms with E-state index in [1.54, 1.807) is 0 Å². The molecule has 0 radical (unpaired) electrons. The molecule has 4 nitrogen and oxygen atoms in total. The van der Waals surface area contributed by atoms with Gasteiger partial charge in [-0.05, 0) is 13.3 Å². The molecule has 0 aliphatic rings. The van der Waals surface area contributed by atoms with E-state index in [1.807, 2.05) is 6.92 Å². The number of aromatic nitrogens is 3. The van der Waals surface area contributed by atoms with Gasteiger partial charge in [0.2, 0.25) is 0 Å². The van der Waals surface area contributed by atoms with Crippen molar-refractivity contribution >= 4 is 22.9 Å². The third-order valence-corrected chi connectivity index (χ3v) is 2.82. The molecule has 1 atom stereocenters. The zero-order valence-electron chi connectivity index (χ0n) is 10.1. The Labute approximate surface area is 112 Å². The predicted molar refractivity (Wildman–Crippen MR) is 66.4 cm³/mol. The van der Waals surface area contributed by atoms with Gasteiger partial charge in [-0.2, -0.15) is 18.3 Å². The summed E-state index contributed by atoms with van der Waals surface area (Å²) in [6, 6.07) is 0.989. The number of hydrogen-bond acceptors (Lipinski definition) is 3. The van der Waals surface area contributed by atoms with Crippen LogP contribution in [-0.4, -0.2) is 26.5 Å². The number of fused-ring (bicyclic) bond motifs is 1. The molecule has 1 unspecified atom stereocenters. The Kier molecular flexibility index (Phi) is 3.84. The van der Waals surface area contributed by atoms with E-state index in [4.69, 9.17) is 11.6 Å². The van der Waals surface area contributed by atoms with Crippen molar-refractivity contribution in [2.24, 2.45) is 0 Å². The second kappa shape index (κ2) is 5.24. The molecule has 2 rings (SSSR count). The number of nitrogens with one attached hydrogen (secondary N) is 1. The Morgan fingerprint density at radius 2 is 2.21 bits per heavy atom. The number of nitrogens with zero attached hydrogens (tertiary/aromatic N) is 3. The molecule has 0 spiro atoms. The fraction of sp³-hybridized carbons (Fsp3) is 0.455. The van der Waals surface area contributed by atoms with Crippen LogP contribution in [0.1, 0.15) is 19.0 Å². The van der Waals surface area contributed by atoms with Gasteiger partial charge in [0, 0.05) is 30.4 Å². The van der Waals surface area contributed by atoms with Crippen LogP contribution in [0, 0.1) is 0 Å². The van der Waals surface area contributed by atoms with Crippen LogP contribution in [0.3, 0.4) is 0 Å². The normalized spacial score (nSPS) is 13.7. The van der Waals surface area contributed by atoms with Crippen LogP contribution in [-0.2, 0) is 6.18 Å². The standard InChI is InChI=1S/C11H12ClF3N4/c1-7(2-3-12)17-10-8-6-9(11(13,14)15)18-19(8)5-4-16-10/h4-7H,2-3H2,1H3,(H,16,17). The number of hydrogen-bond donors (Lipinski definition) is 1. The van der Waals surface area contributed by atoms with E-state index in [2.05, 4.69) is 15.4 Å². The van der Waals surface area contributed by atoms with Crippen LogP contribution in [0.4, 0.5) is 19.0 Å². The molecule has 19 heavy (non-hydrogen) atoms. The minimum Gasteiger partial charge on any atom is -0.366 e. The van der Waals surface area contributed by atoms with Gasteiger partial charge < -0.3 is 5.32 Å². The monoisotopic (exact) mass is 292 g/mol.